The molecule has 4 rings (SSSR count). The van der Waals surface area contributed by atoms with E-state index in [0.29, 0.717) is 23.5 Å². The second-order valence-electron chi connectivity index (χ2n) is 6.27. The smallest absolute Gasteiger partial charge is 0.225 e. The number of nitrogens with zero attached hydrogens (tertiary/aromatic N) is 3. The molecule has 1 saturated carbocycles. The van der Waals surface area contributed by atoms with Crippen LogP contribution in [0.2, 0.25) is 5.28 Å². The molecule has 23 heavy (non-hydrogen) atoms. The normalized spacial score (nSPS) is 26.5. The zero-order valence-corrected chi connectivity index (χ0v) is 13.8. The number of halogens is 1. The summed E-state index contributed by atoms with van der Waals surface area (Å²) in [6.07, 6.45) is 6.30. The predicted octanol–water partition coefficient (Wildman–Crippen LogP) is 2.93. The first-order valence-corrected chi connectivity index (χ1v) is 8.66. The SMILES string of the molecule is Clc1nc(NC2CCC(N3CCOCC3)CC2)c2occc2n1. The molecular formula is C16H21ClN4O2. The van der Waals surface area contributed by atoms with E-state index < -0.39 is 0 Å². The molecule has 1 aliphatic carbocycles. The molecule has 0 spiro atoms. The van der Waals surface area contributed by atoms with Crippen molar-refractivity contribution in [3.8, 4) is 0 Å². The van der Waals surface area contributed by atoms with Gasteiger partial charge in [-0.3, -0.25) is 4.90 Å². The summed E-state index contributed by atoms with van der Waals surface area (Å²) < 4.78 is 10.9. The number of hydrogen-bond acceptors (Lipinski definition) is 6. The lowest BCUT2D eigenvalue weighted by Gasteiger charge is -2.39. The maximum atomic E-state index is 6.00. The van der Waals surface area contributed by atoms with Crippen LogP contribution >= 0.6 is 11.6 Å². The van der Waals surface area contributed by atoms with E-state index in [1.807, 2.05) is 6.07 Å². The maximum absolute atomic E-state index is 6.00. The largest absolute Gasteiger partial charge is 0.459 e. The third-order valence-corrected chi connectivity index (χ3v) is 5.04. The van der Waals surface area contributed by atoms with Crippen molar-refractivity contribution in [3.63, 3.8) is 0 Å². The molecule has 7 heteroatoms. The van der Waals surface area contributed by atoms with E-state index in [-0.39, 0.29) is 5.28 Å². The number of aromatic nitrogens is 2. The Morgan fingerprint density at radius 2 is 1.91 bits per heavy atom. The van der Waals surface area contributed by atoms with Crippen LogP contribution in [0.15, 0.2) is 16.7 Å². The van der Waals surface area contributed by atoms with E-state index in [1.165, 1.54) is 12.8 Å². The Labute approximate surface area is 140 Å². The lowest BCUT2D eigenvalue weighted by molar-refractivity contribution is 0.00791. The maximum Gasteiger partial charge on any atom is 0.225 e. The molecule has 124 valence electrons. The van der Waals surface area contributed by atoms with Gasteiger partial charge in [0.2, 0.25) is 5.28 Å². The van der Waals surface area contributed by atoms with Crippen molar-refractivity contribution in [3.05, 3.63) is 17.6 Å². The fourth-order valence-corrected chi connectivity index (χ4v) is 3.83. The zero-order valence-electron chi connectivity index (χ0n) is 13.0. The summed E-state index contributed by atoms with van der Waals surface area (Å²) in [5, 5.41) is 3.75. The van der Waals surface area contributed by atoms with Crippen LogP contribution in [0.3, 0.4) is 0 Å². The van der Waals surface area contributed by atoms with Crippen LogP contribution < -0.4 is 5.32 Å². The summed E-state index contributed by atoms with van der Waals surface area (Å²) in [5.74, 6) is 0.708. The Hall–Kier alpha value is -1.37. The molecule has 2 fully saturated rings. The number of rotatable bonds is 3. The van der Waals surface area contributed by atoms with Gasteiger partial charge < -0.3 is 14.5 Å². The Bertz CT molecular complexity index is 663. The highest BCUT2D eigenvalue weighted by molar-refractivity contribution is 6.28. The van der Waals surface area contributed by atoms with Gasteiger partial charge in [-0.2, -0.15) is 4.98 Å². The molecule has 0 radical (unpaired) electrons. The fraction of sp³-hybridized carbons (Fsp3) is 0.625. The van der Waals surface area contributed by atoms with Crippen molar-refractivity contribution >= 4 is 28.5 Å². The van der Waals surface area contributed by atoms with E-state index in [4.69, 9.17) is 20.8 Å². The van der Waals surface area contributed by atoms with E-state index in [0.717, 1.165) is 44.7 Å². The van der Waals surface area contributed by atoms with Gasteiger partial charge in [-0.05, 0) is 37.3 Å². The molecule has 0 atom stereocenters. The van der Waals surface area contributed by atoms with Gasteiger partial charge in [-0.25, -0.2) is 4.98 Å². The summed E-state index contributed by atoms with van der Waals surface area (Å²) in [6, 6.07) is 2.91. The lowest BCUT2D eigenvalue weighted by atomic mass is 9.90. The van der Waals surface area contributed by atoms with Crippen molar-refractivity contribution in [1.82, 2.24) is 14.9 Å². The average Bonchev–Trinajstić information content (AvgIpc) is 3.05. The number of nitrogens with one attached hydrogen (secondary N) is 1. The Balaban J connectivity index is 1.39. The monoisotopic (exact) mass is 336 g/mol. The summed E-state index contributed by atoms with van der Waals surface area (Å²) in [7, 11) is 0. The molecule has 0 aromatic carbocycles. The van der Waals surface area contributed by atoms with E-state index in [9.17, 15) is 0 Å². The first kappa shape index (κ1) is 15.2. The van der Waals surface area contributed by atoms with Crippen molar-refractivity contribution < 1.29 is 9.15 Å². The van der Waals surface area contributed by atoms with E-state index >= 15 is 0 Å². The first-order valence-electron chi connectivity index (χ1n) is 8.28. The number of ether oxygens (including phenoxy) is 1. The molecule has 1 saturated heterocycles. The van der Waals surface area contributed by atoms with Crippen molar-refractivity contribution in [2.45, 2.75) is 37.8 Å². The van der Waals surface area contributed by atoms with Gasteiger partial charge in [0.05, 0.1) is 19.5 Å². The highest BCUT2D eigenvalue weighted by Gasteiger charge is 2.27. The minimum atomic E-state index is 0.253. The van der Waals surface area contributed by atoms with Gasteiger partial charge in [0.15, 0.2) is 11.4 Å². The molecule has 6 nitrogen and oxygen atoms in total. The number of hydrogen-bond donors (Lipinski definition) is 1. The van der Waals surface area contributed by atoms with Crippen molar-refractivity contribution in [1.29, 1.82) is 0 Å². The molecule has 2 aliphatic rings. The lowest BCUT2D eigenvalue weighted by Crippen LogP contribution is -2.46. The van der Waals surface area contributed by atoms with Crippen LogP contribution in [-0.2, 0) is 4.74 Å². The Morgan fingerprint density at radius 1 is 1.13 bits per heavy atom. The average molecular weight is 337 g/mol. The molecule has 1 aliphatic heterocycles. The van der Waals surface area contributed by atoms with E-state index in [2.05, 4.69) is 20.2 Å². The molecule has 3 heterocycles. The molecule has 2 aromatic heterocycles. The molecule has 0 bridgehead atoms. The second kappa shape index (κ2) is 6.63. The third-order valence-electron chi connectivity index (χ3n) is 4.88. The van der Waals surface area contributed by atoms with Crippen LogP contribution in [0.25, 0.3) is 11.1 Å². The van der Waals surface area contributed by atoms with Crippen LogP contribution in [0, 0.1) is 0 Å². The summed E-state index contributed by atoms with van der Waals surface area (Å²) in [5.41, 5.74) is 1.43. The van der Waals surface area contributed by atoms with Crippen LogP contribution in [0.4, 0.5) is 5.82 Å². The standard InChI is InChI=1S/C16H21ClN4O2/c17-16-19-13-5-8-23-14(13)15(20-16)18-11-1-3-12(4-2-11)21-6-9-22-10-7-21/h5,8,11-12H,1-4,6-7,9-10H2,(H,18,19,20). The molecule has 0 amide bonds. The first-order chi connectivity index (χ1) is 11.3. The minimum Gasteiger partial charge on any atom is -0.459 e. The quantitative estimate of drug-likeness (QED) is 0.869. The fourth-order valence-electron chi connectivity index (χ4n) is 3.65. The Kier molecular flexibility index (Phi) is 4.37. The van der Waals surface area contributed by atoms with Crippen LogP contribution in [-0.4, -0.2) is 53.3 Å². The topological polar surface area (TPSA) is 63.4 Å². The molecule has 0 unspecified atom stereocenters. The number of anilines is 1. The van der Waals surface area contributed by atoms with Crippen molar-refractivity contribution in [2.24, 2.45) is 0 Å². The van der Waals surface area contributed by atoms with Gasteiger partial charge in [-0.15, -0.1) is 0 Å². The number of furan rings is 1. The number of fused-ring (bicyclic) bond motifs is 1. The number of morpholine rings is 1. The van der Waals surface area contributed by atoms with E-state index in [1.54, 1.807) is 6.26 Å². The highest BCUT2D eigenvalue weighted by atomic mass is 35.5. The van der Waals surface area contributed by atoms with Gasteiger partial charge in [0.1, 0.15) is 5.52 Å². The van der Waals surface area contributed by atoms with Crippen LogP contribution in [0.5, 0.6) is 0 Å². The molecule has 1 N–H and O–H groups in total. The van der Waals surface area contributed by atoms with Crippen LogP contribution in [0.1, 0.15) is 25.7 Å². The third kappa shape index (κ3) is 3.29. The summed E-state index contributed by atoms with van der Waals surface area (Å²) in [4.78, 5) is 11.0. The minimum absolute atomic E-state index is 0.253. The predicted molar refractivity (Wildman–Crippen MR) is 88.9 cm³/mol. The second-order valence-corrected chi connectivity index (χ2v) is 6.61. The van der Waals surface area contributed by atoms with Gasteiger partial charge >= 0.3 is 0 Å². The summed E-state index contributed by atoms with van der Waals surface area (Å²) >= 11 is 6.00. The van der Waals surface area contributed by atoms with Gasteiger partial charge in [0, 0.05) is 31.2 Å². The molecular weight excluding hydrogens is 316 g/mol. The van der Waals surface area contributed by atoms with Crippen molar-refractivity contribution in [2.75, 3.05) is 31.6 Å². The molecule has 2 aromatic rings. The zero-order chi connectivity index (χ0) is 15.6. The van der Waals surface area contributed by atoms with Gasteiger partial charge in [-0.1, -0.05) is 0 Å². The highest BCUT2D eigenvalue weighted by Crippen LogP contribution is 2.29. The summed E-state index contributed by atoms with van der Waals surface area (Å²) in [6.45, 7) is 3.87. The Morgan fingerprint density at radius 3 is 2.70 bits per heavy atom. The van der Waals surface area contributed by atoms with Gasteiger partial charge in [0.25, 0.3) is 0 Å².